The summed E-state index contributed by atoms with van der Waals surface area (Å²) >= 11 is 0. The zero-order valence-electron chi connectivity index (χ0n) is 65.2. The molecule has 0 aromatic carbocycles. The van der Waals surface area contributed by atoms with E-state index < -0.39 is 97.5 Å². The Bertz CT molecular complexity index is 2040. The van der Waals surface area contributed by atoms with E-state index in [4.69, 9.17) is 37.0 Å². The van der Waals surface area contributed by atoms with Crippen LogP contribution in [0.4, 0.5) is 0 Å². The lowest BCUT2D eigenvalue weighted by molar-refractivity contribution is -0.161. The molecular weight excluding hydrogens is 1310 g/mol. The van der Waals surface area contributed by atoms with Crippen LogP contribution in [0, 0.1) is 17.8 Å². The van der Waals surface area contributed by atoms with Crippen LogP contribution in [-0.2, 0) is 65.4 Å². The number of rotatable bonds is 77. The van der Waals surface area contributed by atoms with Crippen LogP contribution < -0.4 is 0 Å². The van der Waals surface area contributed by atoms with Gasteiger partial charge >= 0.3 is 39.5 Å². The van der Waals surface area contributed by atoms with Crippen LogP contribution >= 0.6 is 15.6 Å². The predicted molar refractivity (Wildman–Crippen MR) is 409 cm³/mol. The first-order valence-corrected chi connectivity index (χ1v) is 44.2. The SMILES string of the molecule is CCCCCC/C=C\C=C/CCCCCCCC(=O)OC[C@H](COP(=O)(O)OC[C@@H](O)COP(=O)(O)OC[C@@H](COC(=O)CCCCCCCCC(C)CC)OC(=O)CCCCCCCCCCCCCCCCCCCCC(C)C)OC(=O)CCCCCCCCCCCCC(C)CC. The van der Waals surface area contributed by atoms with Gasteiger partial charge in [-0.3, -0.25) is 37.3 Å². The lowest BCUT2D eigenvalue weighted by Crippen LogP contribution is -2.30. The fourth-order valence-corrected chi connectivity index (χ4v) is 13.5. The number of hydrogen-bond acceptors (Lipinski definition) is 15. The molecule has 17 nitrogen and oxygen atoms in total. The van der Waals surface area contributed by atoms with Gasteiger partial charge in [-0.05, 0) is 69.1 Å². The summed E-state index contributed by atoms with van der Waals surface area (Å²) in [6.45, 7) is 11.9. The fourth-order valence-electron chi connectivity index (χ4n) is 11.9. The molecule has 0 aliphatic carbocycles. The van der Waals surface area contributed by atoms with Crippen molar-refractivity contribution < 1.29 is 80.2 Å². The molecule has 4 unspecified atom stereocenters. The zero-order chi connectivity index (χ0) is 73.7. The minimum absolute atomic E-state index is 0.0992. The summed E-state index contributed by atoms with van der Waals surface area (Å²) in [5, 5.41) is 10.6. The summed E-state index contributed by atoms with van der Waals surface area (Å²) in [7, 11) is -9.93. The second-order valence-electron chi connectivity index (χ2n) is 29.4. The number of ether oxygens (including phenoxy) is 4. The van der Waals surface area contributed by atoms with E-state index in [0.29, 0.717) is 25.7 Å². The number of unbranched alkanes of at least 4 members (excludes halogenated alkanes) is 40. The lowest BCUT2D eigenvalue weighted by Gasteiger charge is -2.21. The molecule has 0 amide bonds. The summed E-state index contributed by atoms with van der Waals surface area (Å²) in [5.74, 6) is 0.205. The van der Waals surface area contributed by atoms with Crippen LogP contribution in [0.1, 0.15) is 395 Å². The Morgan fingerprint density at radius 3 is 0.890 bits per heavy atom. The molecule has 0 aliphatic rings. The van der Waals surface area contributed by atoms with E-state index >= 15 is 0 Å². The number of phosphoric ester groups is 2. The van der Waals surface area contributed by atoms with E-state index in [9.17, 15) is 43.2 Å². The van der Waals surface area contributed by atoms with Crippen molar-refractivity contribution in [2.24, 2.45) is 17.8 Å². The molecule has 590 valence electrons. The maximum Gasteiger partial charge on any atom is 0.472 e. The van der Waals surface area contributed by atoms with E-state index in [1.54, 1.807) is 0 Å². The molecule has 0 spiro atoms. The first-order valence-electron chi connectivity index (χ1n) is 41.2. The first kappa shape index (κ1) is 97.5. The van der Waals surface area contributed by atoms with Crippen molar-refractivity contribution in [2.75, 3.05) is 39.6 Å². The van der Waals surface area contributed by atoms with Gasteiger partial charge in [0.2, 0.25) is 0 Å². The number of carbonyl (C=O) groups is 4. The molecule has 0 fully saturated rings. The molecule has 19 heteroatoms. The predicted octanol–water partition coefficient (Wildman–Crippen LogP) is 23.7. The van der Waals surface area contributed by atoms with Crippen LogP contribution in [0.3, 0.4) is 0 Å². The van der Waals surface area contributed by atoms with Crippen molar-refractivity contribution in [1.82, 2.24) is 0 Å². The second kappa shape index (κ2) is 70.8. The monoisotopic (exact) mass is 1460 g/mol. The molecule has 3 N–H and O–H groups in total. The van der Waals surface area contributed by atoms with Gasteiger partial charge in [-0.2, -0.15) is 0 Å². The van der Waals surface area contributed by atoms with Crippen molar-refractivity contribution in [3.05, 3.63) is 24.3 Å². The van der Waals surface area contributed by atoms with E-state index in [0.717, 1.165) is 133 Å². The van der Waals surface area contributed by atoms with Crippen molar-refractivity contribution in [3.63, 3.8) is 0 Å². The van der Waals surface area contributed by atoms with Crippen molar-refractivity contribution in [2.45, 2.75) is 414 Å². The first-order chi connectivity index (χ1) is 48.3. The van der Waals surface area contributed by atoms with Gasteiger partial charge in [0, 0.05) is 25.7 Å². The largest absolute Gasteiger partial charge is 0.472 e. The van der Waals surface area contributed by atoms with Gasteiger partial charge in [-0.15, -0.1) is 0 Å². The molecule has 0 saturated carbocycles. The third kappa shape index (κ3) is 71.2. The minimum Gasteiger partial charge on any atom is -0.462 e. The van der Waals surface area contributed by atoms with Crippen LogP contribution in [-0.4, -0.2) is 96.7 Å². The quantitative estimate of drug-likeness (QED) is 0.0169. The smallest absolute Gasteiger partial charge is 0.462 e. The number of aliphatic hydroxyl groups excluding tert-OH is 1. The summed E-state index contributed by atoms with van der Waals surface area (Å²) in [6.07, 6.45) is 61.9. The number of allylic oxidation sites excluding steroid dienone is 4. The van der Waals surface area contributed by atoms with E-state index in [1.807, 2.05) is 0 Å². The Morgan fingerprint density at radius 2 is 0.590 bits per heavy atom. The lowest BCUT2D eigenvalue weighted by atomic mass is 9.99. The Hall–Kier alpha value is -2.46. The summed E-state index contributed by atoms with van der Waals surface area (Å²) in [4.78, 5) is 73.0. The number of phosphoric acid groups is 2. The van der Waals surface area contributed by atoms with Crippen LogP contribution in [0.25, 0.3) is 0 Å². The zero-order valence-corrected chi connectivity index (χ0v) is 66.9. The van der Waals surface area contributed by atoms with Gasteiger partial charge < -0.3 is 33.8 Å². The molecule has 0 aromatic heterocycles. The number of carbonyl (C=O) groups excluding carboxylic acids is 4. The topological polar surface area (TPSA) is 237 Å². The fraction of sp³-hybridized carbons (Fsp3) is 0.901. The normalized spacial score (nSPS) is 14.7. The Morgan fingerprint density at radius 1 is 0.330 bits per heavy atom. The molecule has 0 heterocycles. The summed E-state index contributed by atoms with van der Waals surface area (Å²) in [6, 6.07) is 0. The highest BCUT2D eigenvalue weighted by molar-refractivity contribution is 7.47. The maximum absolute atomic E-state index is 13.1. The van der Waals surface area contributed by atoms with Crippen LogP contribution in [0.15, 0.2) is 24.3 Å². The molecule has 100 heavy (non-hydrogen) atoms. The van der Waals surface area contributed by atoms with Crippen molar-refractivity contribution in [3.8, 4) is 0 Å². The van der Waals surface area contributed by atoms with Gasteiger partial charge in [0.15, 0.2) is 12.2 Å². The molecule has 0 aromatic rings. The van der Waals surface area contributed by atoms with Gasteiger partial charge in [0.1, 0.15) is 19.3 Å². The Labute approximate surface area is 612 Å². The third-order valence-electron chi connectivity index (χ3n) is 19.0. The van der Waals surface area contributed by atoms with E-state index in [1.165, 1.54) is 180 Å². The van der Waals surface area contributed by atoms with Gasteiger partial charge in [0.25, 0.3) is 0 Å². The molecule has 0 bridgehead atoms. The standard InChI is InChI=1S/C81H154O17P2/c1-8-11-12-13-14-15-16-17-22-26-29-35-40-48-55-62-78(83)91-68-76(97-81(86)65-58-51-42-37-32-31-34-39-46-53-60-73(6)9-2)70-95-99(87,88)93-66-75(82)67-94-100(89,90)96-71-77(69-92-79(84)63-56-49-44-43-47-54-61-74(7)10-3)98-80(85)64-57-50-41-36-30-27-24-21-19-18-20-23-25-28-33-38-45-52-59-72(4)5/h15-17,22,72-77,82H,8-14,18-21,23-71H2,1-7H3,(H,87,88)(H,89,90)/b16-15-,22-17-/t73?,74?,75-,76-,77-/m1/s1. The highest BCUT2D eigenvalue weighted by Gasteiger charge is 2.30. The summed E-state index contributed by atoms with van der Waals surface area (Å²) in [5.41, 5.74) is 0. The Balaban J connectivity index is 5.24. The molecule has 7 atom stereocenters. The van der Waals surface area contributed by atoms with Gasteiger partial charge in [0.05, 0.1) is 26.4 Å². The molecule has 0 saturated heterocycles. The van der Waals surface area contributed by atoms with Gasteiger partial charge in [-0.1, -0.05) is 342 Å². The average Bonchev–Trinajstić information content (AvgIpc) is 0.952. The number of aliphatic hydroxyl groups is 1. The maximum atomic E-state index is 13.1. The number of esters is 4. The molecule has 0 rings (SSSR count). The van der Waals surface area contributed by atoms with Crippen LogP contribution in [0.5, 0.6) is 0 Å². The molecule has 0 aliphatic heterocycles. The van der Waals surface area contributed by atoms with Gasteiger partial charge in [-0.25, -0.2) is 9.13 Å². The summed E-state index contributed by atoms with van der Waals surface area (Å²) < 4.78 is 68.6. The third-order valence-corrected chi connectivity index (χ3v) is 20.9. The van der Waals surface area contributed by atoms with Crippen LogP contribution in [0.2, 0.25) is 0 Å². The highest BCUT2D eigenvalue weighted by atomic mass is 31.2. The van der Waals surface area contributed by atoms with Crippen molar-refractivity contribution in [1.29, 1.82) is 0 Å². The molecule has 0 radical (unpaired) electrons. The Kier molecular flexibility index (Phi) is 69.1. The number of hydrogen-bond donors (Lipinski definition) is 3. The average molecular weight is 1460 g/mol. The molecular formula is C81H154O17P2. The second-order valence-corrected chi connectivity index (χ2v) is 32.3. The highest BCUT2D eigenvalue weighted by Crippen LogP contribution is 2.45. The minimum atomic E-state index is -4.97. The van der Waals surface area contributed by atoms with E-state index in [2.05, 4.69) is 72.8 Å². The van der Waals surface area contributed by atoms with E-state index in [-0.39, 0.29) is 25.7 Å². The van der Waals surface area contributed by atoms with Crippen molar-refractivity contribution >= 4 is 39.5 Å².